The molecule has 11 heteroatoms. The van der Waals surface area contributed by atoms with E-state index in [-0.39, 0.29) is 11.5 Å². The van der Waals surface area contributed by atoms with Gasteiger partial charge in [0.1, 0.15) is 35.6 Å². The monoisotopic (exact) mass is 674 g/mol. The quantitative estimate of drug-likeness (QED) is 0.266. The van der Waals surface area contributed by atoms with E-state index in [0.29, 0.717) is 17.6 Å². The first kappa shape index (κ1) is 32.6. The van der Waals surface area contributed by atoms with Gasteiger partial charge >= 0.3 is 17.9 Å². The average Bonchev–Trinajstić information content (AvgIpc) is 3.65. The fraction of sp³-hybridized carbons (Fsp3) is 0.553. The molecule has 4 saturated heterocycles. The molecule has 11 nitrogen and oxygen atoms in total. The molecule has 4 bridgehead atoms. The van der Waals surface area contributed by atoms with E-state index < -0.39 is 94.6 Å². The molecule has 14 atom stereocenters. The molecule has 4 heterocycles. The minimum absolute atomic E-state index is 0.289. The third-order valence-corrected chi connectivity index (χ3v) is 12.3. The maximum atomic E-state index is 14.0. The molecule has 1 N–H and O–H groups in total. The molecule has 14 unspecified atom stereocenters. The largest absolute Gasteiger partial charge is 0.456 e. The predicted octanol–water partition coefficient (Wildman–Crippen LogP) is 4.37. The van der Waals surface area contributed by atoms with Crippen molar-refractivity contribution in [1.82, 2.24) is 0 Å². The minimum Gasteiger partial charge on any atom is -0.456 e. The number of rotatable bonds is 6. The molecule has 9 rings (SSSR count). The predicted molar refractivity (Wildman–Crippen MR) is 171 cm³/mol. The van der Waals surface area contributed by atoms with Crippen LogP contribution in [0.4, 0.5) is 0 Å². The zero-order valence-electron chi connectivity index (χ0n) is 28.4. The Hall–Kier alpha value is -3.61. The van der Waals surface area contributed by atoms with Crippen LogP contribution in [0, 0.1) is 23.7 Å². The maximum Gasteiger partial charge on any atom is 0.338 e. The molecule has 7 fully saturated rings. The highest BCUT2D eigenvalue weighted by Gasteiger charge is 2.90. The van der Waals surface area contributed by atoms with E-state index in [0.717, 1.165) is 0 Å². The fourth-order valence-electron chi connectivity index (χ4n) is 10.5. The summed E-state index contributed by atoms with van der Waals surface area (Å²) in [6, 6.07) is 17.1. The van der Waals surface area contributed by atoms with Gasteiger partial charge in [-0.15, -0.1) is 0 Å². The van der Waals surface area contributed by atoms with Crippen molar-refractivity contribution in [2.24, 2.45) is 23.7 Å². The van der Waals surface area contributed by atoms with E-state index in [1.807, 2.05) is 20.8 Å². The first-order chi connectivity index (χ1) is 23.1. The Morgan fingerprint density at radius 1 is 0.816 bits per heavy atom. The van der Waals surface area contributed by atoms with Crippen LogP contribution in [0.1, 0.15) is 68.7 Å². The van der Waals surface area contributed by atoms with Gasteiger partial charge in [-0.2, -0.15) is 0 Å². The van der Waals surface area contributed by atoms with Gasteiger partial charge in [-0.3, -0.25) is 4.79 Å². The van der Waals surface area contributed by atoms with Gasteiger partial charge in [0.15, 0.2) is 11.7 Å². The first-order valence-electron chi connectivity index (χ1n) is 17.0. The number of fused-ring (bicyclic) bond motifs is 1. The second-order valence-electron chi connectivity index (χ2n) is 15.1. The van der Waals surface area contributed by atoms with Gasteiger partial charge in [0.05, 0.1) is 22.6 Å². The second-order valence-corrected chi connectivity index (χ2v) is 15.1. The first-order valence-corrected chi connectivity index (χ1v) is 17.0. The lowest BCUT2D eigenvalue weighted by Gasteiger charge is -2.62. The molecule has 49 heavy (non-hydrogen) atoms. The molecule has 0 amide bonds. The molecule has 2 aromatic carbocycles. The van der Waals surface area contributed by atoms with Gasteiger partial charge in [-0.05, 0) is 56.0 Å². The topological polar surface area (TPSA) is 136 Å². The smallest absolute Gasteiger partial charge is 0.338 e. The molecule has 3 saturated carbocycles. The molecule has 7 aliphatic rings. The van der Waals surface area contributed by atoms with Crippen LogP contribution in [0.15, 0.2) is 72.8 Å². The number of benzene rings is 2. The van der Waals surface area contributed by atoms with Crippen molar-refractivity contribution >= 4 is 17.9 Å². The van der Waals surface area contributed by atoms with Gasteiger partial charge in [0, 0.05) is 25.7 Å². The molecule has 0 aromatic heterocycles. The van der Waals surface area contributed by atoms with Crippen LogP contribution in [0.2, 0.25) is 0 Å². The van der Waals surface area contributed by atoms with E-state index in [4.69, 9.17) is 33.2 Å². The Labute approximate surface area is 284 Å². The summed E-state index contributed by atoms with van der Waals surface area (Å²) in [7, 11) is 0. The highest BCUT2D eigenvalue weighted by molar-refractivity contribution is 5.90. The van der Waals surface area contributed by atoms with Crippen LogP contribution in [-0.2, 0) is 38.0 Å². The molecular weight excluding hydrogens is 632 g/mol. The Morgan fingerprint density at radius 2 is 1.37 bits per heavy atom. The van der Waals surface area contributed by atoms with Crippen LogP contribution in [-0.4, -0.2) is 81.9 Å². The van der Waals surface area contributed by atoms with Crippen LogP contribution >= 0.6 is 0 Å². The Bertz CT molecular complexity index is 1730. The fourth-order valence-corrected chi connectivity index (χ4v) is 10.5. The van der Waals surface area contributed by atoms with Crippen molar-refractivity contribution < 1.29 is 52.6 Å². The third-order valence-electron chi connectivity index (χ3n) is 12.3. The van der Waals surface area contributed by atoms with Crippen molar-refractivity contribution in [3.8, 4) is 0 Å². The van der Waals surface area contributed by atoms with E-state index >= 15 is 0 Å². The summed E-state index contributed by atoms with van der Waals surface area (Å²) in [5.74, 6) is -6.05. The molecule has 2 aromatic rings. The highest BCUT2D eigenvalue weighted by atomic mass is 16.9. The van der Waals surface area contributed by atoms with Gasteiger partial charge in [0.2, 0.25) is 0 Å². The minimum atomic E-state index is -1.74. The second kappa shape index (κ2) is 10.5. The SMILES string of the molecule is C=C(C)C12OC3(C)OC1C(C)C1(O)C(C(OC(=O)c4ccccc4)C4(C)OC5(C(OC(=O)c6ccccc6)C(C)CC15)C4OC(C)=O)C2O3. The summed E-state index contributed by atoms with van der Waals surface area (Å²) in [6.07, 6.45) is -4.54. The Balaban J connectivity index is 1.33. The van der Waals surface area contributed by atoms with Crippen LogP contribution < -0.4 is 0 Å². The standard InChI is InChI=1S/C38H42O11/c1-19(2)37-28-21(4)36(42)25-18-20(3)27(44-31(40)23-14-10-8-11-15-23)38(25)33(43-22(5)39)34(6,48-38)29(45-32(41)24-16-12-9-13-17-24)26(36)30(37)47-35(7,46-28)49-37/h8-17,20-21,25-30,33,42H,1,18H2,2-7H3. The van der Waals surface area contributed by atoms with Crippen molar-refractivity contribution in [1.29, 1.82) is 0 Å². The molecule has 3 aliphatic carbocycles. The Morgan fingerprint density at radius 3 is 1.92 bits per heavy atom. The van der Waals surface area contributed by atoms with Crippen LogP contribution in [0.3, 0.4) is 0 Å². The van der Waals surface area contributed by atoms with Crippen molar-refractivity contribution in [2.45, 2.75) is 107 Å². The summed E-state index contributed by atoms with van der Waals surface area (Å²) in [6.45, 7) is 14.6. The van der Waals surface area contributed by atoms with Gasteiger partial charge < -0.3 is 38.3 Å². The van der Waals surface area contributed by atoms with E-state index in [2.05, 4.69) is 6.58 Å². The summed E-state index contributed by atoms with van der Waals surface area (Å²) < 4.78 is 45.6. The highest BCUT2D eigenvalue weighted by Crippen LogP contribution is 2.73. The zero-order valence-corrected chi connectivity index (χ0v) is 28.4. The summed E-state index contributed by atoms with van der Waals surface area (Å²) in [5, 5.41) is 13.6. The molecular formula is C38H42O11. The van der Waals surface area contributed by atoms with E-state index in [1.54, 1.807) is 74.5 Å². The molecule has 1 spiro atoms. The van der Waals surface area contributed by atoms with Gasteiger partial charge in [-0.1, -0.05) is 56.8 Å². The summed E-state index contributed by atoms with van der Waals surface area (Å²) in [4.78, 5) is 40.6. The van der Waals surface area contributed by atoms with Crippen molar-refractivity contribution in [3.05, 3.63) is 83.9 Å². The summed E-state index contributed by atoms with van der Waals surface area (Å²) in [5.41, 5.74) is -4.68. The number of aliphatic hydroxyl groups is 1. The maximum absolute atomic E-state index is 14.0. The van der Waals surface area contributed by atoms with Crippen LogP contribution in [0.25, 0.3) is 0 Å². The normalized spacial score (nSPS) is 46.8. The molecule has 260 valence electrons. The van der Waals surface area contributed by atoms with Crippen molar-refractivity contribution in [2.75, 3.05) is 0 Å². The molecule has 0 radical (unpaired) electrons. The van der Waals surface area contributed by atoms with Crippen LogP contribution in [0.5, 0.6) is 0 Å². The third kappa shape index (κ3) is 4.05. The van der Waals surface area contributed by atoms with Gasteiger partial charge in [-0.25, -0.2) is 9.59 Å². The number of esters is 3. The lowest BCUT2D eigenvalue weighted by atomic mass is 9.53. The number of hydrogen-bond acceptors (Lipinski definition) is 11. The average molecular weight is 675 g/mol. The summed E-state index contributed by atoms with van der Waals surface area (Å²) >= 11 is 0. The lowest BCUT2D eigenvalue weighted by Crippen LogP contribution is -2.80. The lowest BCUT2D eigenvalue weighted by molar-refractivity contribution is -0.389. The number of ether oxygens (including phenoxy) is 7. The number of hydrogen-bond donors (Lipinski definition) is 1. The number of carbonyl (C=O) groups excluding carboxylic acids is 3. The van der Waals surface area contributed by atoms with Gasteiger partial charge in [0.25, 0.3) is 5.97 Å². The zero-order chi connectivity index (χ0) is 34.9. The van der Waals surface area contributed by atoms with Crippen molar-refractivity contribution in [3.63, 3.8) is 0 Å². The van der Waals surface area contributed by atoms with E-state index in [9.17, 15) is 19.5 Å². The van der Waals surface area contributed by atoms with E-state index in [1.165, 1.54) is 6.92 Å². The Kier molecular flexibility index (Phi) is 6.96. The number of carbonyl (C=O) groups is 3. The molecule has 4 aliphatic heterocycles.